The van der Waals surface area contributed by atoms with E-state index in [1.165, 1.54) is 30.4 Å². The molecule has 3 heteroatoms. The minimum Gasteiger partial charge on any atom is -0.299 e. The second-order valence-corrected chi connectivity index (χ2v) is 2.57. The first-order valence-corrected chi connectivity index (χ1v) is 3.69. The maximum atomic E-state index is 12.5. The monoisotopic (exact) mass is 184 g/mol. The number of benzene rings is 1. The number of hydrogen-bond donors (Lipinski definition) is 0. The Balaban J connectivity index is 3.01. The molecule has 0 aromatic heterocycles. The summed E-state index contributed by atoms with van der Waals surface area (Å²) in [7, 11) is 0. The molecule has 1 rings (SSSR count). The van der Waals surface area contributed by atoms with Crippen LogP contribution in [0.25, 0.3) is 6.08 Å². The van der Waals surface area contributed by atoms with Gasteiger partial charge in [0.1, 0.15) is 12.1 Å². The summed E-state index contributed by atoms with van der Waals surface area (Å²) < 4.78 is 12.5. The van der Waals surface area contributed by atoms with Crippen LogP contribution < -0.4 is 0 Å². The largest absolute Gasteiger partial charge is 0.299 e. The average Bonchev–Trinajstić information content (AvgIpc) is 2.03. The van der Waals surface area contributed by atoms with E-state index in [4.69, 9.17) is 11.6 Å². The summed E-state index contributed by atoms with van der Waals surface area (Å²) in [6, 6.07) is 4.00. The minimum absolute atomic E-state index is 0.299. The van der Waals surface area contributed by atoms with E-state index in [1.54, 1.807) is 0 Å². The van der Waals surface area contributed by atoms with E-state index in [1.807, 2.05) is 0 Å². The fourth-order valence-corrected chi connectivity index (χ4v) is 1.01. The van der Waals surface area contributed by atoms with Gasteiger partial charge < -0.3 is 0 Å². The zero-order chi connectivity index (χ0) is 8.97. The van der Waals surface area contributed by atoms with Crippen molar-refractivity contribution in [3.8, 4) is 0 Å². The molecule has 62 valence electrons. The molecule has 0 saturated carbocycles. The van der Waals surface area contributed by atoms with Gasteiger partial charge in [-0.3, -0.25) is 4.79 Å². The van der Waals surface area contributed by atoms with Crippen molar-refractivity contribution in [2.45, 2.75) is 0 Å². The molecule has 0 aliphatic rings. The highest BCUT2D eigenvalue weighted by Crippen LogP contribution is 2.18. The smallest absolute Gasteiger partial charge is 0.142 e. The molecular formula is C9H6ClFO. The molecule has 0 unspecified atom stereocenters. The molecule has 0 radical (unpaired) electrons. The van der Waals surface area contributed by atoms with Gasteiger partial charge in [0.05, 0.1) is 5.02 Å². The van der Waals surface area contributed by atoms with Crippen LogP contribution in [0.15, 0.2) is 24.3 Å². The molecule has 0 aliphatic heterocycles. The van der Waals surface area contributed by atoms with E-state index >= 15 is 0 Å². The van der Waals surface area contributed by atoms with Crippen molar-refractivity contribution in [1.82, 2.24) is 0 Å². The van der Waals surface area contributed by atoms with E-state index in [0.29, 0.717) is 16.9 Å². The van der Waals surface area contributed by atoms with Crippen molar-refractivity contribution >= 4 is 24.0 Å². The first-order valence-electron chi connectivity index (χ1n) is 3.31. The zero-order valence-corrected chi connectivity index (χ0v) is 6.88. The molecule has 1 nitrogen and oxygen atoms in total. The average molecular weight is 185 g/mol. The van der Waals surface area contributed by atoms with Gasteiger partial charge in [0.25, 0.3) is 0 Å². The molecule has 1 aromatic carbocycles. The standard InChI is InChI=1S/C9H6ClFO/c10-9-6-8(11)4-3-7(9)2-1-5-12/h1-6H. The molecule has 0 aliphatic carbocycles. The maximum absolute atomic E-state index is 12.5. The Hall–Kier alpha value is -1.15. The highest BCUT2D eigenvalue weighted by Gasteiger charge is 1.96. The summed E-state index contributed by atoms with van der Waals surface area (Å²) in [5.41, 5.74) is 0.630. The van der Waals surface area contributed by atoms with Gasteiger partial charge >= 0.3 is 0 Å². The van der Waals surface area contributed by atoms with Crippen LogP contribution in [0, 0.1) is 5.82 Å². The van der Waals surface area contributed by atoms with Crippen LogP contribution in [-0.2, 0) is 4.79 Å². The van der Waals surface area contributed by atoms with Crippen LogP contribution in [0.4, 0.5) is 4.39 Å². The third kappa shape index (κ3) is 2.17. The van der Waals surface area contributed by atoms with Gasteiger partial charge in [0.15, 0.2) is 0 Å². The summed E-state index contributed by atoms with van der Waals surface area (Å²) in [5.74, 6) is -0.386. The molecule has 0 spiro atoms. The summed E-state index contributed by atoms with van der Waals surface area (Å²) in [6.45, 7) is 0. The number of aldehydes is 1. The highest BCUT2D eigenvalue weighted by molar-refractivity contribution is 6.32. The minimum atomic E-state index is -0.386. The van der Waals surface area contributed by atoms with Crippen molar-refractivity contribution < 1.29 is 9.18 Å². The van der Waals surface area contributed by atoms with Crippen LogP contribution in [0.2, 0.25) is 5.02 Å². The van der Waals surface area contributed by atoms with E-state index in [-0.39, 0.29) is 5.82 Å². The van der Waals surface area contributed by atoms with E-state index in [0.717, 1.165) is 0 Å². The Morgan fingerprint density at radius 2 is 2.17 bits per heavy atom. The van der Waals surface area contributed by atoms with Crippen LogP contribution in [0.3, 0.4) is 0 Å². The number of carbonyl (C=O) groups excluding carboxylic acids is 1. The molecule has 0 bridgehead atoms. The molecular weight excluding hydrogens is 179 g/mol. The number of carbonyl (C=O) groups is 1. The Labute approximate surface area is 74.5 Å². The fourth-order valence-electron chi connectivity index (χ4n) is 0.780. The lowest BCUT2D eigenvalue weighted by Gasteiger charge is -1.95. The highest BCUT2D eigenvalue weighted by atomic mass is 35.5. The molecule has 0 saturated heterocycles. The zero-order valence-electron chi connectivity index (χ0n) is 6.13. The Kier molecular flexibility index (Phi) is 3.00. The normalized spacial score (nSPS) is 10.5. The maximum Gasteiger partial charge on any atom is 0.142 e. The third-order valence-corrected chi connectivity index (χ3v) is 1.64. The van der Waals surface area contributed by atoms with Gasteiger partial charge in [-0.15, -0.1) is 0 Å². The Morgan fingerprint density at radius 3 is 2.75 bits per heavy atom. The number of halogens is 2. The molecule has 0 fully saturated rings. The van der Waals surface area contributed by atoms with E-state index < -0.39 is 0 Å². The summed E-state index contributed by atoms with van der Waals surface area (Å²) in [5, 5.41) is 0.299. The third-order valence-electron chi connectivity index (χ3n) is 1.32. The lowest BCUT2D eigenvalue weighted by atomic mass is 10.2. The number of hydrogen-bond acceptors (Lipinski definition) is 1. The van der Waals surface area contributed by atoms with E-state index in [2.05, 4.69) is 0 Å². The van der Waals surface area contributed by atoms with Crippen molar-refractivity contribution in [3.05, 3.63) is 40.7 Å². The first-order chi connectivity index (χ1) is 5.74. The summed E-state index contributed by atoms with van der Waals surface area (Å²) in [6.07, 6.45) is 3.47. The summed E-state index contributed by atoms with van der Waals surface area (Å²) >= 11 is 5.66. The number of allylic oxidation sites excluding steroid dienone is 1. The topological polar surface area (TPSA) is 17.1 Å². The lowest BCUT2D eigenvalue weighted by molar-refractivity contribution is -0.104. The predicted octanol–water partition coefficient (Wildman–Crippen LogP) is 2.69. The first kappa shape index (κ1) is 8.94. The predicted molar refractivity (Wildman–Crippen MR) is 46.5 cm³/mol. The van der Waals surface area contributed by atoms with E-state index in [9.17, 15) is 9.18 Å². The summed E-state index contributed by atoms with van der Waals surface area (Å²) in [4.78, 5) is 9.95. The SMILES string of the molecule is O=CC=Cc1ccc(F)cc1Cl. The van der Waals surface area contributed by atoms with Gasteiger partial charge in [0, 0.05) is 0 Å². The van der Waals surface area contributed by atoms with Crippen molar-refractivity contribution in [3.63, 3.8) is 0 Å². The number of rotatable bonds is 2. The van der Waals surface area contributed by atoms with Gasteiger partial charge in [-0.1, -0.05) is 23.7 Å². The molecule has 12 heavy (non-hydrogen) atoms. The van der Waals surface area contributed by atoms with Gasteiger partial charge in [-0.25, -0.2) is 4.39 Å². The molecule has 1 aromatic rings. The second kappa shape index (κ2) is 4.02. The van der Waals surface area contributed by atoms with Crippen molar-refractivity contribution in [1.29, 1.82) is 0 Å². The molecule has 0 amide bonds. The van der Waals surface area contributed by atoms with Gasteiger partial charge in [-0.2, -0.15) is 0 Å². The quantitative estimate of drug-likeness (QED) is 0.510. The van der Waals surface area contributed by atoms with Crippen molar-refractivity contribution in [2.24, 2.45) is 0 Å². The lowest BCUT2D eigenvalue weighted by Crippen LogP contribution is -1.78. The molecule has 0 N–H and O–H groups in total. The van der Waals surface area contributed by atoms with Crippen LogP contribution in [0.5, 0.6) is 0 Å². The molecule has 0 atom stereocenters. The van der Waals surface area contributed by atoms with Gasteiger partial charge in [0.2, 0.25) is 0 Å². The van der Waals surface area contributed by atoms with Gasteiger partial charge in [-0.05, 0) is 23.8 Å². The second-order valence-electron chi connectivity index (χ2n) is 2.16. The van der Waals surface area contributed by atoms with Crippen LogP contribution >= 0.6 is 11.6 Å². The Morgan fingerprint density at radius 1 is 1.42 bits per heavy atom. The fraction of sp³-hybridized carbons (Fsp3) is 0. The molecule has 0 heterocycles. The van der Waals surface area contributed by atoms with Crippen molar-refractivity contribution in [2.75, 3.05) is 0 Å². The Bertz CT molecular complexity index is 320. The van der Waals surface area contributed by atoms with Crippen LogP contribution in [-0.4, -0.2) is 6.29 Å². The van der Waals surface area contributed by atoms with Crippen LogP contribution in [0.1, 0.15) is 5.56 Å².